The van der Waals surface area contributed by atoms with Crippen LogP contribution < -0.4 is 5.32 Å². The molecule has 0 aliphatic rings. The summed E-state index contributed by atoms with van der Waals surface area (Å²) in [5, 5.41) is 6.43. The topological polar surface area (TPSA) is 42.2 Å². The molecule has 0 saturated heterocycles. The summed E-state index contributed by atoms with van der Waals surface area (Å²) in [7, 11) is 0. The summed E-state index contributed by atoms with van der Waals surface area (Å²) in [6, 6.07) is 12.0. The fraction of sp³-hybridized carbons (Fsp3) is 0.167. The van der Waals surface area contributed by atoms with Crippen molar-refractivity contribution in [2.75, 3.05) is 0 Å². The van der Waals surface area contributed by atoms with Crippen LogP contribution in [0.4, 0.5) is 0 Å². The van der Waals surface area contributed by atoms with Gasteiger partial charge in [0.05, 0.1) is 6.26 Å². The Kier molecular flexibility index (Phi) is 4.39. The number of thiophene rings is 1. The highest BCUT2D eigenvalue weighted by Crippen LogP contribution is 2.26. The van der Waals surface area contributed by atoms with E-state index in [9.17, 15) is 4.79 Å². The second-order valence-corrected chi connectivity index (χ2v) is 6.13. The zero-order valence-corrected chi connectivity index (χ0v) is 13.1. The Labute approximate surface area is 133 Å². The molecular formula is C18H17NO2S. The van der Waals surface area contributed by atoms with Gasteiger partial charge in [-0.2, -0.15) is 0 Å². The second-order valence-electron chi connectivity index (χ2n) is 5.22. The third kappa shape index (κ3) is 3.46. The Morgan fingerprint density at radius 3 is 3.00 bits per heavy atom. The summed E-state index contributed by atoms with van der Waals surface area (Å²) in [6.45, 7) is 2.02. The van der Waals surface area contributed by atoms with E-state index < -0.39 is 0 Å². The van der Waals surface area contributed by atoms with Gasteiger partial charge in [0.2, 0.25) is 5.91 Å². The van der Waals surface area contributed by atoms with Gasteiger partial charge in [0.1, 0.15) is 5.76 Å². The van der Waals surface area contributed by atoms with Crippen LogP contribution in [0.2, 0.25) is 0 Å². The Hall–Kier alpha value is -2.33. The van der Waals surface area contributed by atoms with Crippen molar-refractivity contribution in [2.24, 2.45) is 0 Å². The quantitative estimate of drug-likeness (QED) is 0.716. The van der Waals surface area contributed by atoms with Crippen LogP contribution in [0.3, 0.4) is 0 Å². The average Bonchev–Trinajstić information content (AvgIpc) is 3.15. The summed E-state index contributed by atoms with van der Waals surface area (Å²) < 4.78 is 6.44. The van der Waals surface area contributed by atoms with Crippen LogP contribution in [-0.2, 0) is 11.2 Å². The maximum atomic E-state index is 11.9. The van der Waals surface area contributed by atoms with E-state index in [1.165, 1.54) is 21.7 Å². The number of carbonyl (C=O) groups is 1. The molecule has 0 aliphatic heterocycles. The molecule has 0 spiro atoms. The van der Waals surface area contributed by atoms with E-state index >= 15 is 0 Å². The van der Waals surface area contributed by atoms with Gasteiger partial charge in [-0.25, -0.2) is 0 Å². The first-order chi connectivity index (χ1) is 10.7. The maximum Gasteiger partial charge on any atom is 0.244 e. The maximum absolute atomic E-state index is 11.9. The predicted octanol–water partition coefficient (Wildman–Crippen LogP) is 4.25. The van der Waals surface area contributed by atoms with Gasteiger partial charge in [0.15, 0.2) is 0 Å². The second kappa shape index (κ2) is 6.62. The minimum Gasteiger partial charge on any atom is -0.465 e. The van der Waals surface area contributed by atoms with Crippen LogP contribution in [0.5, 0.6) is 0 Å². The molecular weight excluding hydrogens is 294 g/mol. The van der Waals surface area contributed by atoms with Gasteiger partial charge in [0.25, 0.3) is 0 Å². The van der Waals surface area contributed by atoms with Gasteiger partial charge < -0.3 is 9.73 Å². The molecule has 0 unspecified atom stereocenters. The smallest absolute Gasteiger partial charge is 0.244 e. The van der Waals surface area contributed by atoms with Crippen LogP contribution in [0.15, 0.2) is 58.5 Å². The van der Waals surface area contributed by atoms with Crippen LogP contribution in [0.1, 0.15) is 18.2 Å². The third-order valence-corrected chi connectivity index (χ3v) is 4.43. The van der Waals surface area contributed by atoms with E-state index in [1.54, 1.807) is 29.7 Å². The first-order valence-corrected chi connectivity index (χ1v) is 8.07. The van der Waals surface area contributed by atoms with E-state index in [4.69, 9.17) is 4.42 Å². The molecule has 4 heteroatoms. The number of furan rings is 1. The predicted molar refractivity (Wildman–Crippen MR) is 90.9 cm³/mol. The highest BCUT2D eigenvalue weighted by molar-refractivity contribution is 7.17. The van der Waals surface area contributed by atoms with Crippen LogP contribution in [0.25, 0.3) is 16.2 Å². The Balaban J connectivity index is 1.60. The molecule has 3 nitrogen and oxygen atoms in total. The van der Waals surface area contributed by atoms with E-state index in [-0.39, 0.29) is 11.9 Å². The minimum atomic E-state index is -0.108. The van der Waals surface area contributed by atoms with Crippen molar-refractivity contribution in [3.05, 3.63) is 65.4 Å². The highest BCUT2D eigenvalue weighted by atomic mass is 32.1. The van der Waals surface area contributed by atoms with E-state index in [2.05, 4.69) is 22.8 Å². The molecule has 0 fully saturated rings. The number of nitrogens with one attached hydrogen (secondary N) is 1. The summed E-state index contributed by atoms with van der Waals surface area (Å²) in [5.74, 6) is 0.565. The summed E-state index contributed by atoms with van der Waals surface area (Å²) in [5.41, 5.74) is 1.28. The van der Waals surface area contributed by atoms with E-state index in [0.717, 1.165) is 6.42 Å². The fourth-order valence-corrected chi connectivity index (χ4v) is 3.38. The third-order valence-electron chi connectivity index (χ3n) is 3.42. The molecule has 0 bridgehead atoms. The Bertz CT molecular complexity index is 786. The lowest BCUT2D eigenvalue weighted by molar-refractivity contribution is -0.117. The molecule has 0 radical (unpaired) electrons. The number of hydrogen-bond donors (Lipinski definition) is 1. The molecule has 1 aromatic carbocycles. The van der Waals surface area contributed by atoms with Gasteiger partial charge in [-0.1, -0.05) is 18.2 Å². The molecule has 22 heavy (non-hydrogen) atoms. The number of carbonyl (C=O) groups excluding carboxylic acids is 1. The van der Waals surface area contributed by atoms with Crippen molar-refractivity contribution in [2.45, 2.75) is 19.4 Å². The monoisotopic (exact) mass is 311 g/mol. The normalized spacial score (nSPS) is 12.8. The lowest BCUT2D eigenvalue weighted by atomic mass is 10.1. The number of fused-ring (bicyclic) bond motifs is 1. The number of rotatable bonds is 5. The van der Waals surface area contributed by atoms with Gasteiger partial charge in [-0.15, -0.1) is 11.3 Å². The summed E-state index contributed by atoms with van der Waals surface area (Å²) in [4.78, 5) is 11.9. The number of amides is 1. The molecule has 0 aliphatic carbocycles. The van der Waals surface area contributed by atoms with Crippen LogP contribution in [-0.4, -0.2) is 11.9 Å². The van der Waals surface area contributed by atoms with Crippen LogP contribution >= 0.6 is 11.3 Å². The molecule has 3 aromatic rings. The zero-order valence-electron chi connectivity index (χ0n) is 12.3. The average molecular weight is 311 g/mol. The van der Waals surface area contributed by atoms with Crippen molar-refractivity contribution in [3.8, 4) is 0 Å². The first-order valence-electron chi connectivity index (χ1n) is 7.19. The first kappa shape index (κ1) is 14.6. The molecule has 0 saturated carbocycles. The SMILES string of the molecule is C[C@H](Cc1csc2ccccc12)NC(=O)/C=C/c1ccco1. The van der Waals surface area contributed by atoms with Crippen molar-refractivity contribution in [3.63, 3.8) is 0 Å². The van der Waals surface area contributed by atoms with Crippen molar-refractivity contribution >= 4 is 33.4 Å². The molecule has 1 atom stereocenters. The largest absolute Gasteiger partial charge is 0.465 e. The molecule has 1 amide bonds. The van der Waals surface area contributed by atoms with Gasteiger partial charge in [0, 0.05) is 16.8 Å². The molecule has 2 heterocycles. The van der Waals surface area contributed by atoms with Gasteiger partial charge in [-0.05, 0) is 53.9 Å². The summed E-state index contributed by atoms with van der Waals surface area (Å²) >= 11 is 1.74. The van der Waals surface area contributed by atoms with E-state index in [1.807, 2.05) is 25.1 Å². The molecule has 112 valence electrons. The molecule has 1 N–H and O–H groups in total. The molecule has 3 rings (SSSR count). The fourth-order valence-electron chi connectivity index (χ4n) is 2.41. The Morgan fingerprint density at radius 2 is 2.18 bits per heavy atom. The van der Waals surface area contributed by atoms with Gasteiger partial charge >= 0.3 is 0 Å². The standard InChI is InChI=1S/C18H17NO2S/c1-13(19-18(20)9-8-15-5-4-10-21-15)11-14-12-22-17-7-3-2-6-16(14)17/h2-10,12-13H,11H2,1H3,(H,19,20)/b9-8+/t13-/m1/s1. The number of hydrogen-bond acceptors (Lipinski definition) is 3. The van der Waals surface area contributed by atoms with Crippen LogP contribution in [0, 0.1) is 0 Å². The lowest BCUT2D eigenvalue weighted by Gasteiger charge is -2.11. The zero-order chi connectivity index (χ0) is 15.4. The van der Waals surface area contributed by atoms with Crippen molar-refractivity contribution in [1.82, 2.24) is 5.32 Å². The van der Waals surface area contributed by atoms with Gasteiger partial charge in [-0.3, -0.25) is 4.79 Å². The summed E-state index contributed by atoms with van der Waals surface area (Å²) in [6.07, 6.45) is 5.58. The lowest BCUT2D eigenvalue weighted by Crippen LogP contribution is -2.32. The van der Waals surface area contributed by atoms with E-state index in [0.29, 0.717) is 5.76 Å². The Morgan fingerprint density at radius 1 is 1.32 bits per heavy atom. The van der Waals surface area contributed by atoms with Crippen molar-refractivity contribution in [1.29, 1.82) is 0 Å². The molecule has 2 aromatic heterocycles. The highest BCUT2D eigenvalue weighted by Gasteiger charge is 2.09. The number of benzene rings is 1. The minimum absolute atomic E-state index is 0.0757. The van der Waals surface area contributed by atoms with Crippen molar-refractivity contribution < 1.29 is 9.21 Å².